The maximum atomic E-state index is 6.21. The zero-order chi connectivity index (χ0) is 14.5. The summed E-state index contributed by atoms with van der Waals surface area (Å²) in [5.74, 6) is 0.681. The van der Waals surface area contributed by atoms with E-state index in [1.807, 2.05) is 6.26 Å². The van der Waals surface area contributed by atoms with Gasteiger partial charge < -0.3 is 13.9 Å². The number of furan rings is 1. The highest BCUT2D eigenvalue weighted by Crippen LogP contribution is 2.42. The van der Waals surface area contributed by atoms with Gasteiger partial charge in [-0.15, -0.1) is 0 Å². The Balaban J connectivity index is 1.51. The first-order chi connectivity index (χ1) is 10.3. The smallest absolute Gasteiger partial charge is 0.0947 e. The summed E-state index contributed by atoms with van der Waals surface area (Å²) >= 11 is 0. The predicted molar refractivity (Wildman–Crippen MR) is 81.1 cm³/mol. The maximum absolute atomic E-state index is 6.21. The molecule has 2 aliphatic rings. The number of hydrogen-bond donors (Lipinski definition) is 0. The van der Waals surface area contributed by atoms with Crippen LogP contribution in [0.2, 0.25) is 0 Å². The Labute approximate surface area is 127 Å². The summed E-state index contributed by atoms with van der Waals surface area (Å²) in [7, 11) is 0. The van der Waals surface area contributed by atoms with Crippen LogP contribution < -0.4 is 0 Å². The molecule has 21 heavy (non-hydrogen) atoms. The van der Waals surface area contributed by atoms with Gasteiger partial charge in [0.15, 0.2) is 0 Å². The molecule has 1 spiro atoms. The van der Waals surface area contributed by atoms with Crippen molar-refractivity contribution in [1.82, 2.24) is 4.90 Å². The first-order valence-electron chi connectivity index (χ1n) is 8.27. The van der Waals surface area contributed by atoms with Crippen molar-refractivity contribution in [2.24, 2.45) is 5.92 Å². The van der Waals surface area contributed by atoms with Crippen LogP contribution in [0.15, 0.2) is 23.0 Å². The molecule has 118 valence electrons. The van der Waals surface area contributed by atoms with E-state index >= 15 is 0 Å². The third kappa shape index (κ3) is 3.50. The van der Waals surface area contributed by atoms with Crippen molar-refractivity contribution in [3.05, 3.63) is 24.2 Å². The van der Waals surface area contributed by atoms with E-state index < -0.39 is 0 Å². The zero-order valence-corrected chi connectivity index (χ0v) is 13.1. The number of hydrogen-bond acceptors (Lipinski definition) is 4. The molecule has 4 nitrogen and oxygen atoms in total. The van der Waals surface area contributed by atoms with E-state index in [9.17, 15) is 0 Å². The average molecular weight is 293 g/mol. The first kappa shape index (κ1) is 15.1. The average Bonchev–Trinajstić information content (AvgIpc) is 3.13. The van der Waals surface area contributed by atoms with Gasteiger partial charge in [0.1, 0.15) is 0 Å². The normalized spacial score (nSPS) is 25.7. The van der Waals surface area contributed by atoms with E-state index in [2.05, 4.69) is 17.9 Å². The van der Waals surface area contributed by atoms with E-state index in [0.717, 1.165) is 58.7 Å². The van der Waals surface area contributed by atoms with Gasteiger partial charge in [-0.3, -0.25) is 4.90 Å². The van der Waals surface area contributed by atoms with E-state index in [4.69, 9.17) is 13.9 Å². The zero-order valence-electron chi connectivity index (χ0n) is 13.1. The molecule has 0 N–H and O–H groups in total. The predicted octanol–water partition coefficient (Wildman–Crippen LogP) is 3.08. The van der Waals surface area contributed by atoms with Crippen LogP contribution in [-0.2, 0) is 16.0 Å². The Morgan fingerprint density at radius 3 is 2.95 bits per heavy atom. The molecular formula is C17H27NO3. The van der Waals surface area contributed by atoms with Crippen molar-refractivity contribution in [1.29, 1.82) is 0 Å². The Kier molecular flexibility index (Phi) is 4.99. The fraction of sp³-hybridized carbons (Fsp3) is 0.765. The van der Waals surface area contributed by atoms with Crippen molar-refractivity contribution in [2.75, 3.05) is 32.9 Å². The van der Waals surface area contributed by atoms with Gasteiger partial charge in [0.25, 0.3) is 0 Å². The molecular weight excluding hydrogens is 266 g/mol. The summed E-state index contributed by atoms with van der Waals surface area (Å²) in [6.07, 6.45) is 8.26. The fourth-order valence-electron chi connectivity index (χ4n) is 3.85. The highest BCUT2D eigenvalue weighted by Gasteiger charge is 2.45. The van der Waals surface area contributed by atoms with Gasteiger partial charge >= 0.3 is 0 Å². The minimum atomic E-state index is 0.129. The summed E-state index contributed by atoms with van der Waals surface area (Å²) in [6, 6.07) is 2.06. The summed E-state index contributed by atoms with van der Waals surface area (Å²) in [6.45, 7) is 7.93. The molecule has 0 unspecified atom stereocenters. The molecule has 1 aromatic rings. The van der Waals surface area contributed by atoms with Crippen molar-refractivity contribution in [3.8, 4) is 0 Å². The largest absolute Gasteiger partial charge is 0.472 e. The molecule has 2 saturated heterocycles. The molecule has 4 heteroatoms. The van der Waals surface area contributed by atoms with E-state index in [1.54, 1.807) is 6.26 Å². The topological polar surface area (TPSA) is 34.8 Å². The van der Waals surface area contributed by atoms with Gasteiger partial charge in [0.05, 0.1) is 18.1 Å². The minimum absolute atomic E-state index is 0.129. The Morgan fingerprint density at radius 2 is 2.24 bits per heavy atom. The van der Waals surface area contributed by atoms with Gasteiger partial charge in [-0.1, -0.05) is 0 Å². The molecule has 0 aliphatic carbocycles. The molecule has 2 fully saturated rings. The molecule has 0 amide bonds. The number of ether oxygens (including phenoxy) is 2. The van der Waals surface area contributed by atoms with Crippen molar-refractivity contribution in [3.63, 3.8) is 0 Å². The second kappa shape index (κ2) is 6.95. The van der Waals surface area contributed by atoms with Gasteiger partial charge in [-0.25, -0.2) is 0 Å². The van der Waals surface area contributed by atoms with Crippen LogP contribution in [0, 0.1) is 5.92 Å². The second-order valence-corrected chi connectivity index (χ2v) is 6.29. The molecule has 0 radical (unpaired) electrons. The van der Waals surface area contributed by atoms with Crippen LogP contribution in [0.1, 0.15) is 38.2 Å². The van der Waals surface area contributed by atoms with Crippen LogP contribution in [-0.4, -0.2) is 43.4 Å². The third-order valence-corrected chi connectivity index (χ3v) is 5.10. The molecule has 0 bridgehead atoms. The molecule has 1 atom stereocenters. The lowest BCUT2D eigenvalue weighted by atomic mass is 9.78. The lowest BCUT2D eigenvalue weighted by Gasteiger charge is -2.42. The van der Waals surface area contributed by atoms with Crippen LogP contribution in [0.3, 0.4) is 0 Å². The Hall–Kier alpha value is -0.840. The number of nitrogens with zero attached hydrogens (tertiary/aromatic N) is 1. The molecule has 0 aromatic carbocycles. The first-order valence-corrected chi connectivity index (χ1v) is 8.27. The van der Waals surface area contributed by atoms with E-state index in [0.29, 0.717) is 5.92 Å². The lowest BCUT2D eigenvalue weighted by Crippen LogP contribution is -2.47. The molecule has 3 heterocycles. The highest BCUT2D eigenvalue weighted by molar-refractivity contribution is 5.06. The SMILES string of the molecule is CCOCC[C@H]1CCOC12CCN(Cc1ccoc1)CC2. The molecule has 3 rings (SSSR count). The van der Waals surface area contributed by atoms with Gasteiger partial charge in [0, 0.05) is 45.0 Å². The lowest BCUT2D eigenvalue weighted by molar-refractivity contribution is -0.0728. The number of likely N-dealkylation sites (tertiary alicyclic amines) is 1. The van der Waals surface area contributed by atoms with Gasteiger partial charge in [0.2, 0.25) is 0 Å². The van der Waals surface area contributed by atoms with Crippen LogP contribution in [0.25, 0.3) is 0 Å². The quantitative estimate of drug-likeness (QED) is 0.755. The van der Waals surface area contributed by atoms with Crippen LogP contribution >= 0.6 is 0 Å². The van der Waals surface area contributed by atoms with Crippen LogP contribution in [0.4, 0.5) is 0 Å². The second-order valence-electron chi connectivity index (χ2n) is 6.29. The Bertz CT molecular complexity index is 410. The van der Waals surface area contributed by atoms with Gasteiger partial charge in [-0.05, 0) is 44.6 Å². The van der Waals surface area contributed by atoms with Crippen molar-refractivity contribution >= 4 is 0 Å². The standard InChI is InChI=1S/C17H27NO3/c1-2-19-11-4-16-5-12-21-17(16)6-8-18(9-7-17)13-15-3-10-20-14-15/h3,10,14,16H,2,4-9,11-13H2,1H3/t16-/m0/s1. The fourth-order valence-corrected chi connectivity index (χ4v) is 3.85. The van der Waals surface area contributed by atoms with E-state index in [1.165, 1.54) is 12.0 Å². The molecule has 2 aliphatic heterocycles. The summed E-state index contributed by atoms with van der Waals surface area (Å²) in [4.78, 5) is 2.51. The minimum Gasteiger partial charge on any atom is -0.472 e. The number of rotatable bonds is 6. The summed E-state index contributed by atoms with van der Waals surface area (Å²) in [5, 5.41) is 0. The molecule has 1 aromatic heterocycles. The van der Waals surface area contributed by atoms with Crippen molar-refractivity contribution < 1.29 is 13.9 Å². The van der Waals surface area contributed by atoms with Crippen LogP contribution in [0.5, 0.6) is 0 Å². The molecule has 0 saturated carbocycles. The third-order valence-electron chi connectivity index (χ3n) is 5.10. The Morgan fingerprint density at radius 1 is 1.38 bits per heavy atom. The monoisotopic (exact) mass is 293 g/mol. The van der Waals surface area contributed by atoms with E-state index in [-0.39, 0.29) is 5.60 Å². The van der Waals surface area contributed by atoms with Crippen molar-refractivity contribution in [2.45, 2.75) is 44.8 Å². The summed E-state index contributed by atoms with van der Waals surface area (Å²) in [5.41, 5.74) is 1.40. The van der Waals surface area contributed by atoms with Gasteiger partial charge in [-0.2, -0.15) is 0 Å². The maximum Gasteiger partial charge on any atom is 0.0947 e. The summed E-state index contributed by atoms with van der Waals surface area (Å²) < 4.78 is 16.9. The number of piperidine rings is 1. The highest BCUT2D eigenvalue weighted by atomic mass is 16.5.